The standard InChI is InChI=1S/C35H39NO9/c1-19-12-13-33(3)26(34(19,4)18-42-20(2)37)16-27(44-31(40)21-8-10-23(38)11-9-21)35(5)30(33)29(39)28-25(45-35)15-24(43-32(28)41)22-7-6-14-36-17-22/h6-11,14-15,17,19,26-27,29-30,38-39H,12-13,16,18H2,1-5H3/t19-,26?,27-,29-,30?,33-,34?,35+/m0/s1. The average molecular weight is 618 g/mol. The Morgan fingerprint density at radius 2 is 1.87 bits per heavy atom. The Labute approximate surface area is 261 Å². The highest BCUT2D eigenvalue weighted by Gasteiger charge is 2.70. The van der Waals surface area contributed by atoms with Crippen molar-refractivity contribution in [2.45, 2.75) is 71.7 Å². The maximum absolute atomic E-state index is 13.6. The molecule has 10 heteroatoms. The summed E-state index contributed by atoms with van der Waals surface area (Å²) in [6.45, 7) is 9.69. The predicted molar refractivity (Wildman–Crippen MR) is 162 cm³/mol. The van der Waals surface area contributed by atoms with E-state index in [4.69, 9.17) is 18.6 Å². The van der Waals surface area contributed by atoms with Crippen molar-refractivity contribution in [1.82, 2.24) is 4.98 Å². The number of benzene rings is 1. The first-order valence-electron chi connectivity index (χ1n) is 15.4. The highest BCUT2D eigenvalue weighted by Crippen LogP contribution is 2.68. The van der Waals surface area contributed by atoms with Gasteiger partial charge in [0.1, 0.15) is 34.5 Å². The van der Waals surface area contributed by atoms with Crippen LogP contribution in [0.4, 0.5) is 0 Å². The Hall–Kier alpha value is -4.18. The summed E-state index contributed by atoms with van der Waals surface area (Å²) in [4.78, 5) is 43.2. The first kappa shape index (κ1) is 30.8. The lowest BCUT2D eigenvalue weighted by atomic mass is 9.41. The van der Waals surface area contributed by atoms with E-state index < -0.39 is 46.2 Å². The van der Waals surface area contributed by atoms with Gasteiger partial charge in [0, 0.05) is 42.3 Å². The molecular weight excluding hydrogens is 578 g/mol. The molecule has 3 aromatic rings. The van der Waals surface area contributed by atoms with Gasteiger partial charge in [0.25, 0.3) is 0 Å². The van der Waals surface area contributed by atoms with Crippen molar-refractivity contribution < 1.29 is 38.4 Å². The number of pyridine rings is 1. The van der Waals surface area contributed by atoms with Crippen LogP contribution < -0.4 is 10.4 Å². The largest absolute Gasteiger partial charge is 0.508 e. The van der Waals surface area contributed by atoms with E-state index in [1.165, 1.54) is 31.2 Å². The van der Waals surface area contributed by atoms with E-state index >= 15 is 0 Å². The number of hydrogen-bond donors (Lipinski definition) is 2. The van der Waals surface area contributed by atoms with Gasteiger partial charge in [0.15, 0.2) is 0 Å². The lowest BCUT2D eigenvalue weighted by molar-refractivity contribution is -0.257. The molecule has 8 atom stereocenters. The first-order valence-corrected chi connectivity index (χ1v) is 15.4. The zero-order valence-electron chi connectivity index (χ0n) is 26.1. The van der Waals surface area contributed by atoms with Crippen molar-refractivity contribution in [3.63, 3.8) is 0 Å². The van der Waals surface area contributed by atoms with Crippen molar-refractivity contribution in [3.8, 4) is 22.8 Å². The van der Waals surface area contributed by atoms with E-state index in [9.17, 15) is 24.6 Å². The van der Waals surface area contributed by atoms with Crippen molar-refractivity contribution in [2.75, 3.05) is 6.61 Å². The Kier molecular flexibility index (Phi) is 7.54. The number of esters is 2. The minimum atomic E-state index is -1.30. The molecule has 45 heavy (non-hydrogen) atoms. The summed E-state index contributed by atoms with van der Waals surface area (Å²) in [5, 5.41) is 22.0. The summed E-state index contributed by atoms with van der Waals surface area (Å²) in [5.74, 6) is -1.31. The third-order valence-corrected chi connectivity index (χ3v) is 11.0. The lowest BCUT2D eigenvalue weighted by Crippen LogP contribution is -2.70. The van der Waals surface area contributed by atoms with Crippen LogP contribution in [0.2, 0.25) is 0 Å². The molecule has 6 rings (SSSR count). The van der Waals surface area contributed by atoms with E-state index in [1.807, 2.05) is 6.92 Å². The second kappa shape index (κ2) is 11.0. The SMILES string of the molecule is CC(=O)OCC1(C)C2C[C@H](OC(=O)c3ccc(O)cc3)[C@@]3(C)Oc4cc(-c5cccnc5)oc(=O)c4[C@H](O)C3[C@@]2(C)CC[C@@H]1C. The van der Waals surface area contributed by atoms with E-state index in [1.54, 1.807) is 30.6 Å². The second-order valence-electron chi connectivity index (χ2n) is 13.6. The number of rotatable bonds is 5. The summed E-state index contributed by atoms with van der Waals surface area (Å²) < 4.78 is 24.4. The fourth-order valence-electron chi connectivity index (χ4n) is 8.49. The van der Waals surface area contributed by atoms with Crippen LogP contribution >= 0.6 is 0 Å². The lowest BCUT2D eigenvalue weighted by Gasteiger charge is -2.66. The Morgan fingerprint density at radius 1 is 1.13 bits per heavy atom. The molecule has 2 N–H and O–H groups in total. The molecule has 0 spiro atoms. The molecule has 3 unspecified atom stereocenters. The number of phenolic OH excluding ortho intramolecular Hbond substituents is 1. The van der Waals surface area contributed by atoms with Crippen molar-refractivity contribution in [2.24, 2.45) is 28.6 Å². The van der Waals surface area contributed by atoms with Crippen LogP contribution in [-0.2, 0) is 14.3 Å². The summed E-state index contributed by atoms with van der Waals surface area (Å²) in [5.41, 5.74) is -2.27. The van der Waals surface area contributed by atoms with Gasteiger partial charge in [-0.2, -0.15) is 0 Å². The molecule has 0 saturated heterocycles. The number of hydrogen-bond acceptors (Lipinski definition) is 10. The van der Waals surface area contributed by atoms with Gasteiger partial charge >= 0.3 is 17.6 Å². The van der Waals surface area contributed by atoms with Crippen molar-refractivity contribution >= 4 is 11.9 Å². The number of fused-ring (bicyclic) bond motifs is 4. The van der Waals surface area contributed by atoms with Gasteiger partial charge in [-0.3, -0.25) is 9.78 Å². The second-order valence-corrected chi connectivity index (χ2v) is 13.6. The molecule has 2 fully saturated rings. The van der Waals surface area contributed by atoms with E-state index in [2.05, 4.69) is 25.8 Å². The normalized spacial score (nSPS) is 33.5. The molecule has 0 amide bonds. The summed E-state index contributed by atoms with van der Waals surface area (Å²) in [6.07, 6.45) is 2.89. The molecule has 1 aromatic carbocycles. The Balaban J connectivity index is 1.49. The zero-order valence-corrected chi connectivity index (χ0v) is 26.1. The van der Waals surface area contributed by atoms with E-state index in [0.29, 0.717) is 18.4 Å². The number of aliphatic hydroxyl groups is 1. The van der Waals surface area contributed by atoms with Crippen LogP contribution in [0.1, 0.15) is 75.9 Å². The number of carbonyl (C=O) groups excluding carboxylic acids is 2. The minimum absolute atomic E-state index is 0.0167. The van der Waals surface area contributed by atoms with Crippen molar-refractivity contribution in [3.05, 3.63) is 76.4 Å². The Bertz CT molecular complexity index is 1670. The van der Waals surface area contributed by atoms with Crippen molar-refractivity contribution in [1.29, 1.82) is 0 Å². The Morgan fingerprint density at radius 3 is 2.53 bits per heavy atom. The van der Waals surface area contributed by atoms with Gasteiger partial charge in [-0.1, -0.05) is 20.8 Å². The molecule has 3 aliphatic rings. The topological polar surface area (TPSA) is 145 Å². The van der Waals surface area contributed by atoms with Gasteiger partial charge in [0.2, 0.25) is 0 Å². The number of aliphatic hydroxyl groups excluding tert-OH is 1. The average Bonchev–Trinajstić information content (AvgIpc) is 2.99. The summed E-state index contributed by atoms with van der Waals surface area (Å²) >= 11 is 0. The monoisotopic (exact) mass is 617 g/mol. The molecule has 0 radical (unpaired) electrons. The molecular formula is C35H39NO9. The fourth-order valence-corrected chi connectivity index (χ4v) is 8.49. The zero-order chi connectivity index (χ0) is 32.3. The smallest absolute Gasteiger partial charge is 0.345 e. The van der Waals surface area contributed by atoms with Crippen LogP contribution in [-0.4, -0.2) is 45.4 Å². The number of phenols is 1. The van der Waals surface area contributed by atoms with E-state index in [-0.39, 0.29) is 52.8 Å². The molecule has 1 aliphatic heterocycles. The third kappa shape index (κ3) is 4.99. The number of nitrogens with zero attached hydrogens (tertiary/aromatic N) is 1. The molecule has 0 bridgehead atoms. The maximum atomic E-state index is 13.6. The summed E-state index contributed by atoms with van der Waals surface area (Å²) in [6, 6.07) is 10.8. The van der Waals surface area contributed by atoms with Crippen LogP contribution in [0.25, 0.3) is 11.3 Å². The van der Waals surface area contributed by atoms with Crippen LogP contribution in [0.3, 0.4) is 0 Å². The molecule has 2 saturated carbocycles. The number of aromatic nitrogens is 1. The van der Waals surface area contributed by atoms with Gasteiger partial charge < -0.3 is 28.8 Å². The maximum Gasteiger partial charge on any atom is 0.345 e. The number of aromatic hydroxyl groups is 1. The highest BCUT2D eigenvalue weighted by atomic mass is 16.6. The highest BCUT2D eigenvalue weighted by molar-refractivity contribution is 5.89. The van der Waals surface area contributed by atoms with Gasteiger partial charge in [-0.25, -0.2) is 9.59 Å². The van der Waals surface area contributed by atoms with Crippen LogP contribution in [0, 0.1) is 28.6 Å². The number of ether oxygens (including phenoxy) is 3. The first-order chi connectivity index (χ1) is 21.3. The quantitative estimate of drug-likeness (QED) is 0.354. The van der Waals surface area contributed by atoms with Crippen LogP contribution in [0.15, 0.2) is 64.1 Å². The van der Waals surface area contributed by atoms with E-state index in [0.717, 1.165) is 6.42 Å². The predicted octanol–water partition coefficient (Wildman–Crippen LogP) is 5.46. The summed E-state index contributed by atoms with van der Waals surface area (Å²) in [7, 11) is 0. The van der Waals surface area contributed by atoms with Gasteiger partial charge in [-0.15, -0.1) is 0 Å². The molecule has 238 valence electrons. The fraction of sp³-hybridized carbons (Fsp3) is 0.486. The third-order valence-electron chi connectivity index (χ3n) is 11.0. The van der Waals surface area contributed by atoms with Gasteiger partial charge in [0.05, 0.1) is 18.3 Å². The van der Waals surface area contributed by atoms with Crippen LogP contribution in [0.5, 0.6) is 11.5 Å². The number of carbonyl (C=O) groups is 2. The minimum Gasteiger partial charge on any atom is -0.508 e. The molecule has 2 aliphatic carbocycles. The molecule has 10 nitrogen and oxygen atoms in total. The molecule has 2 aromatic heterocycles. The van der Waals surface area contributed by atoms with Gasteiger partial charge in [-0.05, 0) is 79.8 Å². The molecule has 3 heterocycles.